The van der Waals surface area contributed by atoms with E-state index in [0.717, 1.165) is 24.6 Å². The Morgan fingerprint density at radius 3 is 2.51 bits per heavy atom. The highest BCUT2D eigenvalue weighted by molar-refractivity contribution is 5.98. The first kappa shape index (κ1) is 24.4. The number of amides is 2. The maximum atomic E-state index is 13.9. The van der Waals surface area contributed by atoms with Crippen LogP contribution in [-0.4, -0.2) is 64.1 Å². The number of ether oxygens (including phenoxy) is 1. The maximum absolute atomic E-state index is 13.9. The first-order valence-corrected chi connectivity index (χ1v) is 11.9. The Labute approximate surface area is 212 Å². The number of piperazine rings is 1. The summed E-state index contributed by atoms with van der Waals surface area (Å²) in [6.07, 6.45) is 2.10. The quantitative estimate of drug-likeness (QED) is 0.496. The fraction of sp³-hybridized carbons (Fsp3) is 0.269. The number of aromatic nitrogens is 2. The molecule has 11 heteroatoms. The molecule has 37 heavy (non-hydrogen) atoms. The second-order valence-corrected chi connectivity index (χ2v) is 8.85. The lowest BCUT2D eigenvalue weighted by atomic mass is 10.0. The zero-order chi connectivity index (χ0) is 26.1. The van der Waals surface area contributed by atoms with Crippen molar-refractivity contribution in [3.63, 3.8) is 0 Å². The van der Waals surface area contributed by atoms with E-state index in [4.69, 9.17) is 15.6 Å². The Bertz CT molecular complexity index is 1350. The molecule has 0 saturated carbocycles. The van der Waals surface area contributed by atoms with Crippen LogP contribution in [0.3, 0.4) is 0 Å². The molecule has 1 aromatic heterocycles. The summed E-state index contributed by atoms with van der Waals surface area (Å²) in [5.41, 5.74) is 7.85. The fourth-order valence-electron chi connectivity index (χ4n) is 4.80. The molecule has 0 radical (unpaired) electrons. The van der Waals surface area contributed by atoms with E-state index in [1.807, 2.05) is 0 Å². The van der Waals surface area contributed by atoms with Gasteiger partial charge in [-0.1, -0.05) is 6.58 Å². The molecule has 0 aliphatic carbocycles. The van der Waals surface area contributed by atoms with Gasteiger partial charge in [-0.3, -0.25) is 14.5 Å². The van der Waals surface area contributed by atoms with Gasteiger partial charge in [0.2, 0.25) is 5.91 Å². The molecule has 0 spiro atoms. The number of fused-ring (bicyclic) bond motifs is 1. The van der Waals surface area contributed by atoms with Gasteiger partial charge in [0.15, 0.2) is 17.3 Å². The molecule has 192 valence electrons. The molecule has 2 amide bonds. The van der Waals surface area contributed by atoms with Crippen molar-refractivity contribution in [1.82, 2.24) is 19.6 Å². The third-order valence-corrected chi connectivity index (χ3v) is 6.62. The standard InChI is InChI=1S/C26H26F2N6O3/c1-2-22(35)33-13-11-32(12-14-33)20-9-10-30-24-23(20)31-34(25(24)26(29)36)17-4-6-18(7-5-17)37-21-15-16(27)3-8-19(21)28/h2-8,15,20,30H,1,9-14H2,(H2,29,36)/t20-/m1/s1. The summed E-state index contributed by atoms with van der Waals surface area (Å²) in [7, 11) is 0. The Morgan fingerprint density at radius 2 is 1.84 bits per heavy atom. The number of carbonyl (C=O) groups excluding carboxylic acids is 2. The Balaban J connectivity index is 1.41. The summed E-state index contributed by atoms with van der Waals surface area (Å²) in [6.45, 7) is 6.71. The van der Waals surface area contributed by atoms with Crippen molar-refractivity contribution < 1.29 is 23.1 Å². The summed E-state index contributed by atoms with van der Waals surface area (Å²) in [4.78, 5) is 28.5. The van der Waals surface area contributed by atoms with Gasteiger partial charge >= 0.3 is 0 Å². The van der Waals surface area contributed by atoms with Crippen LogP contribution in [-0.2, 0) is 4.79 Å². The Hall–Kier alpha value is -4.25. The molecule has 3 N–H and O–H groups in total. The number of halogens is 2. The number of rotatable bonds is 6. The maximum Gasteiger partial charge on any atom is 0.269 e. The van der Waals surface area contributed by atoms with Gasteiger partial charge in [0, 0.05) is 38.8 Å². The summed E-state index contributed by atoms with van der Waals surface area (Å²) >= 11 is 0. The second kappa shape index (κ2) is 10.0. The summed E-state index contributed by atoms with van der Waals surface area (Å²) < 4.78 is 34.4. The number of benzene rings is 2. The van der Waals surface area contributed by atoms with E-state index in [1.54, 1.807) is 29.2 Å². The molecule has 1 atom stereocenters. The van der Waals surface area contributed by atoms with Gasteiger partial charge in [-0.25, -0.2) is 13.5 Å². The number of primary amides is 1. The molecule has 1 fully saturated rings. The summed E-state index contributed by atoms with van der Waals surface area (Å²) in [6, 6.07) is 9.39. The van der Waals surface area contributed by atoms with Crippen LogP contribution in [0.4, 0.5) is 14.5 Å². The third-order valence-electron chi connectivity index (χ3n) is 6.62. The second-order valence-electron chi connectivity index (χ2n) is 8.85. The van der Waals surface area contributed by atoms with Crippen molar-refractivity contribution >= 4 is 17.5 Å². The normalized spacial score (nSPS) is 17.6. The smallest absolute Gasteiger partial charge is 0.269 e. The van der Waals surface area contributed by atoms with Crippen LogP contribution < -0.4 is 15.8 Å². The number of anilines is 1. The van der Waals surface area contributed by atoms with Crippen LogP contribution in [0.2, 0.25) is 0 Å². The van der Waals surface area contributed by atoms with Crippen LogP contribution in [0.1, 0.15) is 28.6 Å². The van der Waals surface area contributed by atoms with Crippen molar-refractivity contribution in [3.8, 4) is 17.2 Å². The van der Waals surface area contributed by atoms with Crippen LogP contribution in [0.15, 0.2) is 55.1 Å². The van der Waals surface area contributed by atoms with Crippen LogP contribution in [0.5, 0.6) is 11.5 Å². The van der Waals surface area contributed by atoms with E-state index in [1.165, 1.54) is 10.8 Å². The summed E-state index contributed by atoms with van der Waals surface area (Å²) in [5.74, 6) is -1.97. The topological polar surface area (TPSA) is 106 Å². The number of nitrogens with zero attached hydrogens (tertiary/aromatic N) is 4. The van der Waals surface area contributed by atoms with Crippen LogP contribution in [0.25, 0.3) is 5.69 Å². The number of carbonyl (C=O) groups is 2. The predicted octanol–water partition coefficient (Wildman–Crippen LogP) is 3.23. The minimum atomic E-state index is -0.687. The van der Waals surface area contributed by atoms with Gasteiger partial charge < -0.3 is 20.7 Å². The monoisotopic (exact) mass is 508 g/mol. The highest BCUT2D eigenvalue weighted by Gasteiger charge is 2.35. The zero-order valence-corrected chi connectivity index (χ0v) is 20.0. The van der Waals surface area contributed by atoms with Gasteiger partial charge in [-0.2, -0.15) is 5.10 Å². The molecule has 5 rings (SSSR count). The van der Waals surface area contributed by atoms with Crippen molar-refractivity contribution in [2.24, 2.45) is 5.73 Å². The molecular weight excluding hydrogens is 482 g/mol. The summed E-state index contributed by atoms with van der Waals surface area (Å²) in [5, 5.41) is 8.05. The van der Waals surface area contributed by atoms with Gasteiger partial charge in [0.25, 0.3) is 5.91 Å². The largest absolute Gasteiger partial charge is 0.454 e. The highest BCUT2D eigenvalue weighted by atomic mass is 19.1. The minimum absolute atomic E-state index is 0.0462. The molecule has 3 aromatic rings. The van der Waals surface area contributed by atoms with E-state index in [9.17, 15) is 18.4 Å². The van der Waals surface area contributed by atoms with Gasteiger partial charge in [-0.15, -0.1) is 0 Å². The zero-order valence-electron chi connectivity index (χ0n) is 20.0. The van der Waals surface area contributed by atoms with Crippen LogP contribution >= 0.6 is 0 Å². The SMILES string of the molecule is C=CC(=O)N1CCN([C@@H]2CCNc3c2nn(-c2ccc(Oc4cc(F)ccc4F)cc2)c3C(N)=O)CC1. The van der Waals surface area contributed by atoms with Crippen molar-refractivity contribution in [3.05, 3.63) is 78.1 Å². The van der Waals surface area contributed by atoms with E-state index >= 15 is 0 Å². The van der Waals surface area contributed by atoms with Crippen molar-refractivity contribution in [1.29, 1.82) is 0 Å². The predicted molar refractivity (Wildman–Crippen MR) is 133 cm³/mol. The Kier molecular flexibility index (Phi) is 6.62. The average molecular weight is 509 g/mol. The lowest BCUT2D eigenvalue weighted by Gasteiger charge is -2.40. The molecule has 3 heterocycles. The minimum Gasteiger partial charge on any atom is -0.454 e. The average Bonchev–Trinajstić information content (AvgIpc) is 3.31. The number of nitrogens with two attached hydrogens (primary N) is 1. The van der Waals surface area contributed by atoms with E-state index in [0.29, 0.717) is 49.8 Å². The number of hydrogen-bond donors (Lipinski definition) is 2. The molecule has 1 saturated heterocycles. The lowest BCUT2D eigenvalue weighted by Crippen LogP contribution is -2.50. The molecule has 2 aliphatic heterocycles. The van der Waals surface area contributed by atoms with Gasteiger partial charge in [-0.05, 0) is 48.9 Å². The van der Waals surface area contributed by atoms with Crippen LogP contribution in [0, 0.1) is 11.6 Å². The van der Waals surface area contributed by atoms with Crippen molar-refractivity contribution in [2.45, 2.75) is 12.5 Å². The van der Waals surface area contributed by atoms with Gasteiger partial charge in [0.1, 0.15) is 17.3 Å². The first-order chi connectivity index (χ1) is 17.9. The fourth-order valence-corrected chi connectivity index (χ4v) is 4.80. The van der Waals surface area contributed by atoms with E-state index in [2.05, 4.69) is 16.8 Å². The van der Waals surface area contributed by atoms with E-state index in [-0.39, 0.29) is 29.1 Å². The first-order valence-electron chi connectivity index (χ1n) is 11.9. The van der Waals surface area contributed by atoms with Gasteiger partial charge in [0.05, 0.1) is 17.4 Å². The molecule has 0 unspecified atom stereocenters. The van der Waals surface area contributed by atoms with Crippen molar-refractivity contribution in [2.75, 3.05) is 38.0 Å². The number of nitrogens with one attached hydrogen (secondary N) is 1. The molecule has 0 bridgehead atoms. The molecule has 2 aliphatic rings. The molecule has 2 aromatic carbocycles. The molecular formula is C26H26F2N6O3. The molecule has 9 nitrogen and oxygen atoms in total. The third kappa shape index (κ3) is 4.77. The van der Waals surface area contributed by atoms with E-state index < -0.39 is 17.5 Å². The Morgan fingerprint density at radius 1 is 1.11 bits per heavy atom. The number of hydrogen-bond acceptors (Lipinski definition) is 6. The highest BCUT2D eigenvalue weighted by Crippen LogP contribution is 2.37. The lowest BCUT2D eigenvalue weighted by molar-refractivity contribution is -0.128.